The van der Waals surface area contributed by atoms with Gasteiger partial charge in [-0.25, -0.2) is 0 Å². The van der Waals surface area contributed by atoms with Gasteiger partial charge in [-0.3, -0.25) is 0 Å². The van der Waals surface area contributed by atoms with Gasteiger partial charge in [-0.15, -0.1) is 0 Å². The molecule has 1 aliphatic rings. The van der Waals surface area contributed by atoms with Crippen LogP contribution in [-0.2, 0) is 28.3 Å². The second-order valence-electron chi connectivity index (χ2n) is 10.2. The number of aromatic nitrogens is 2. The summed E-state index contributed by atoms with van der Waals surface area (Å²) in [6.07, 6.45) is 5.30. The second kappa shape index (κ2) is 14.1. The zero-order valence-electron chi connectivity index (χ0n) is 21.8. The van der Waals surface area contributed by atoms with Crippen molar-refractivity contribution in [2.24, 2.45) is 5.92 Å². The molecule has 1 saturated carbocycles. The fourth-order valence-corrected chi connectivity index (χ4v) is 5.13. The van der Waals surface area contributed by atoms with Gasteiger partial charge in [0.15, 0.2) is 5.60 Å². The van der Waals surface area contributed by atoms with E-state index in [2.05, 4.69) is 19.3 Å². The third-order valence-corrected chi connectivity index (χ3v) is 7.61. The average molecular weight is 565 g/mol. The lowest BCUT2D eigenvalue weighted by Crippen LogP contribution is -2.42. The van der Waals surface area contributed by atoms with Crippen LogP contribution in [0.4, 0.5) is 0 Å². The Morgan fingerprint density at radius 1 is 1.13 bits per heavy atom. The molecule has 8 nitrogen and oxygen atoms in total. The van der Waals surface area contributed by atoms with Crippen LogP contribution in [0.25, 0.3) is 0 Å². The molecule has 0 aliphatic heterocycles. The molecule has 0 bridgehead atoms. The van der Waals surface area contributed by atoms with Crippen molar-refractivity contribution in [2.75, 3.05) is 27.2 Å². The zero-order chi connectivity index (χ0) is 27.6. The van der Waals surface area contributed by atoms with Gasteiger partial charge in [0.2, 0.25) is 5.82 Å². The van der Waals surface area contributed by atoms with Crippen LogP contribution in [0.1, 0.15) is 54.9 Å². The van der Waals surface area contributed by atoms with Gasteiger partial charge in [-0.2, -0.15) is 4.98 Å². The fraction of sp³-hybridized carbons (Fsp3) is 0.464. The van der Waals surface area contributed by atoms with Crippen LogP contribution < -0.4 is 5.11 Å². The molecule has 2 aromatic carbocycles. The highest BCUT2D eigenvalue weighted by molar-refractivity contribution is 6.42. The average Bonchev–Trinajstić information content (AvgIpc) is 3.38. The Morgan fingerprint density at radius 3 is 2.47 bits per heavy atom. The van der Waals surface area contributed by atoms with Crippen molar-refractivity contribution in [3.63, 3.8) is 0 Å². The third-order valence-electron chi connectivity index (χ3n) is 6.87. The number of likely N-dealkylation sites (N-methyl/N-ethyl adjacent to an activating group) is 1. The van der Waals surface area contributed by atoms with Crippen LogP contribution in [-0.4, -0.2) is 53.4 Å². The number of quaternary nitrogens is 1. The predicted molar refractivity (Wildman–Crippen MR) is 143 cm³/mol. The highest BCUT2D eigenvalue weighted by Crippen LogP contribution is 2.43. The van der Waals surface area contributed by atoms with Crippen molar-refractivity contribution in [3.05, 3.63) is 81.4 Å². The number of carboxylic acid groups (broad SMARTS) is 1. The van der Waals surface area contributed by atoms with Crippen molar-refractivity contribution in [3.8, 4) is 0 Å². The van der Waals surface area contributed by atoms with Crippen molar-refractivity contribution < 1.29 is 28.8 Å². The van der Waals surface area contributed by atoms with Crippen LogP contribution in [0.5, 0.6) is 0 Å². The highest BCUT2D eigenvalue weighted by atomic mass is 35.5. The lowest BCUT2D eigenvalue weighted by Gasteiger charge is -2.36. The topological polar surface area (TPSA) is 109 Å². The lowest BCUT2D eigenvalue weighted by atomic mass is 9.73. The van der Waals surface area contributed by atoms with Crippen LogP contribution in [0.15, 0.2) is 53.1 Å². The SMILES string of the molecule is C[N+](C)(CCOCc1ccc(Cl)c(Cl)c1)Cc1noc(C(O)(c2ccccc2)C2CCCCC2)n1.O=C[O-]. The van der Waals surface area contributed by atoms with E-state index in [9.17, 15) is 5.11 Å². The predicted octanol–water partition coefficient (Wildman–Crippen LogP) is 4.35. The quantitative estimate of drug-likeness (QED) is 0.222. The van der Waals surface area contributed by atoms with Crippen LogP contribution >= 0.6 is 23.2 Å². The first-order chi connectivity index (χ1) is 18.2. The third kappa shape index (κ3) is 8.01. The molecule has 0 radical (unpaired) electrons. The van der Waals surface area contributed by atoms with E-state index < -0.39 is 12.1 Å². The number of hydrogen-bond acceptors (Lipinski definition) is 7. The summed E-state index contributed by atoms with van der Waals surface area (Å²) < 4.78 is 12.2. The molecular weight excluding hydrogens is 529 g/mol. The first-order valence-electron chi connectivity index (χ1n) is 12.7. The largest absolute Gasteiger partial charge is 0.554 e. The van der Waals surface area contributed by atoms with Crippen LogP contribution in [0, 0.1) is 5.92 Å². The number of carbonyl (C=O) groups excluding carboxylic acids is 1. The molecule has 1 atom stereocenters. The van der Waals surface area contributed by atoms with Gasteiger partial charge in [0.1, 0.15) is 13.1 Å². The summed E-state index contributed by atoms with van der Waals surface area (Å²) in [5, 5.41) is 25.5. The molecule has 1 aromatic heterocycles. The van der Waals surface area contributed by atoms with Crippen molar-refractivity contribution in [1.29, 1.82) is 0 Å². The Balaban J connectivity index is 0.00000127. The first kappa shape index (κ1) is 30.1. The Hall–Kier alpha value is -2.49. The maximum atomic E-state index is 12.0. The highest BCUT2D eigenvalue weighted by Gasteiger charge is 2.45. The van der Waals surface area contributed by atoms with Gasteiger partial charge < -0.3 is 28.8 Å². The van der Waals surface area contributed by atoms with E-state index >= 15 is 0 Å². The summed E-state index contributed by atoms with van der Waals surface area (Å²) in [7, 11) is 4.20. The summed E-state index contributed by atoms with van der Waals surface area (Å²) >= 11 is 12.1. The lowest BCUT2D eigenvalue weighted by molar-refractivity contribution is -0.904. The number of hydrogen-bond donors (Lipinski definition) is 1. The standard InChI is InChI=1S/C27H34Cl2N3O3.CH2O2/c1-32(2,15-16-34-19-20-13-14-23(28)24(29)17-20)18-25-30-26(35-31-25)27(33,21-9-5-3-6-10-21)22-11-7-4-8-12-22;2-1-3/h3,5-6,9-10,13-14,17,22,33H,4,7-8,11-12,15-16,18-19H2,1-2H3;1H,(H,2,3)/q+1;/p-1. The normalized spacial score (nSPS) is 15.8. The Morgan fingerprint density at radius 2 is 1.82 bits per heavy atom. The van der Waals surface area contributed by atoms with E-state index in [0.717, 1.165) is 43.4 Å². The van der Waals surface area contributed by atoms with E-state index in [1.807, 2.05) is 42.5 Å². The zero-order valence-corrected chi connectivity index (χ0v) is 23.3. The molecule has 1 heterocycles. The summed E-state index contributed by atoms with van der Waals surface area (Å²) in [4.78, 5) is 13.0. The minimum atomic E-state index is -1.27. The molecule has 0 spiro atoms. The molecule has 1 fully saturated rings. The maximum absolute atomic E-state index is 12.0. The van der Waals surface area contributed by atoms with E-state index in [-0.39, 0.29) is 5.92 Å². The minimum Gasteiger partial charge on any atom is -0.554 e. The van der Waals surface area contributed by atoms with Gasteiger partial charge in [0.05, 0.1) is 37.4 Å². The van der Waals surface area contributed by atoms with E-state index in [1.54, 1.807) is 6.07 Å². The van der Waals surface area contributed by atoms with Crippen molar-refractivity contribution >= 4 is 29.7 Å². The second-order valence-corrected chi connectivity index (χ2v) is 11.0. The van der Waals surface area contributed by atoms with E-state index in [0.29, 0.717) is 46.0 Å². The number of halogens is 2. The van der Waals surface area contributed by atoms with Gasteiger partial charge in [0, 0.05) is 12.4 Å². The number of benzene rings is 2. The van der Waals surface area contributed by atoms with Crippen molar-refractivity contribution in [1.82, 2.24) is 10.1 Å². The Labute approximate surface area is 233 Å². The fourth-order valence-electron chi connectivity index (χ4n) is 4.81. The molecule has 1 N–H and O–H groups in total. The molecule has 10 heteroatoms. The van der Waals surface area contributed by atoms with Gasteiger partial charge in [-0.1, -0.05) is 84.0 Å². The molecule has 206 valence electrons. The van der Waals surface area contributed by atoms with E-state index in [1.165, 1.54) is 6.42 Å². The summed E-state index contributed by atoms with van der Waals surface area (Å²) in [6.45, 7) is 1.86. The molecule has 1 aliphatic carbocycles. The molecule has 4 rings (SSSR count). The summed E-state index contributed by atoms with van der Waals surface area (Å²) in [5.74, 6) is 0.935. The molecular formula is C28H35Cl2N3O5. The van der Waals surface area contributed by atoms with Crippen LogP contribution in [0.3, 0.4) is 0 Å². The minimum absolute atomic E-state index is 0.0595. The number of carbonyl (C=O) groups is 1. The summed E-state index contributed by atoms with van der Waals surface area (Å²) in [6, 6.07) is 15.2. The molecule has 3 aromatic rings. The van der Waals surface area contributed by atoms with Gasteiger partial charge >= 0.3 is 0 Å². The van der Waals surface area contributed by atoms with Gasteiger partial charge in [0.25, 0.3) is 5.89 Å². The number of nitrogens with zero attached hydrogens (tertiary/aromatic N) is 3. The van der Waals surface area contributed by atoms with Gasteiger partial charge in [-0.05, 0) is 36.1 Å². The molecule has 0 saturated heterocycles. The monoisotopic (exact) mass is 563 g/mol. The number of rotatable bonds is 10. The Bertz CT molecular complexity index is 1150. The van der Waals surface area contributed by atoms with Crippen LogP contribution in [0.2, 0.25) is 10.0 Å². The maximum Gasteiger partial charge on any atom is 0.263 e. The first-order valence-corrected chi connectivity index (χ1v) is 13.5. The molecule has 0 amide bonds. The van der Waals surface area contributed by atoms with E-state index in [4.69, 9.17) is 47.3 Å². The van der Waals surface area contributed by atoms with Crippen molar-refractivity contribution in [2.45, 2.75) is 50.9 Å². The molecule has 38 heavy (non-hydrogen) atoms. The molecule has 1 unspecified atom stereocenters. The summed E-state index contributed by atoms with van der Waals surface area (Å²) in [5.41, 5.74) is 0.523. The Kier molecular flexibility index (Phi) is 11.1. The number of aliphatic hydroxyl groups is 1. The smallest absolute Gasteiger partial charge is 0.263 e. The number of ether oxygens (including phenoxy) is 1.